The van der Waals surface area contributed by atoms with Gasteiger partial charge in [-0.2, -0.15) is 0 Å². The van der Waals surface area contributed by atoms with Gasteiger partial charge < -0.3 is 20.9 Å². The number of hydrogen-bond acceptors (Lipinski definition) is 4. The van der Waals surface area contributed by atoms with Gasteiger partial charge in [-0.1, -0.05) is 13.3 Å². The quantitative estimate of drug-likeness (QED) is 0.609. The molecule has 4 N–H and O–H groups in total. The standard InChI is InChI=1S/C11H22N2O3/c1-2-3-9(12)10(14)13-8-11(15)4-6-16-7-5-11/h9,15H,2-8,12H2,1H3,(H,13,14)/t9-/m0/s1. The van der Waals surface area contributed by atoms with Crippen molar-refractivity contribution in [2.24, 2.45) is 5.73 Å². The molecule has 94 valence electrons. The first-order valence-electron chi connectivity index (χ1n) is 5.91. The van der Waals surface area contributed by atoms with E-state index in [4.69, 9.17) is 10.5 Å². The van der Waals surface area contributed by atoms with Gasteiger partial charge in [0.15, 0.2) is 0 Å². The molecule has 0 aromatic rings. The Bertz CT molecular complexity index is 227. The first-order chi connectivity index (χ1) is 7.57. The SMILES string of the molecule is CCC[C@H](N)C(=O)NCC1(O)CCOCC1. The summed E-state index contributed by atoms with van der Waals surface area (Å²) >= 11 is 0. The van der Waals surface area contributed by atoms with E-state index in [9.17, 15) is 9.90 Å². The maximum Gasteiger partial charge on any atom is 0.237 e. The molecule has 1 rings (SSSR count). The van der Waals surface area contributed by atoms with Crippen molar-refractivity contribution in [2.75, 3.05) is 19.8 Å². The van der Waals surface area contributed by atoms with Crippen molar-refractivity contribution in [2.45, 2.75) is 44.2 Å². The molecular weight excluding hydrogens is 208 g/mol. The second-order valence-corrected chi connectivity index (χ2v) is 4.45. The summed E-state index contributed by atoms with van der Waals surface area (Å²) in [5, 5.41) is 12.8. The Morgan fingerprint density at radius 3 is 2.75 bits per heavy atom. The molecule has 0 unspecified atom stereocenters. The normalized spacial score (nSPS) is 21.4. The van der Waals surface area contributed by atoms with Crippen molar-refractivity contribution >= 4 is 5.91 Å². The second-order valence-electron chi connectivity index (χ2n) is 4.45. The van der Waals surface area contributed by atoms with Crippen LogP contribution in [0, 0.1) is 0 Å². The van der Waals surface area contributed by atoms with Crippen molar-refractivity contribution in [1.29, 1.82) is 0 Å². The zero-order chi connectivity index (χ0) is 12.0. The lowest BCUT2D eigenvalue weighted by molar-refractivity contribution is -0.125. The van der Waals surface area contributed by atoms with Crippen LogP contribution in [0.4, 0.5) is 0 Å². The lowest BCUT2D eigenvalue weighted by atomic mass is 9.94. The van der Waals surface area contributed by atoms with Crippen LogP contribution >= 0.6 is 0 Å². The summed E-state index contributed by atoms with van der Waals surface area (Å²) in [5.41, 5.74) is 4.85. The smallest absolute Gasteiger partial charge is 0.237 e. The van der Waals surface area contributed by atoms with E-state index < -0.39 is 11.6 Å². The summed E-state index contributed by atoms with van der Waals surface area (Å²) in [6, 6.07) is -0.464. The van der Waals surface area contributed by atoms with Crippen LogP contribution in [0.25, 0.3) is 0 Å². The van der Waals surface area contributed by atoms with E-state index in [1.807, 2.05) is 6.92 Å². The molecule has 0 aromatic heterocycles. The lowest BCUT2D eigenvalue weighted by Crippen LogP contribution is -2.50. The summed E-state index contributed by atoms with van der Waals surface area (Å²) in [6.45, 7) is 3.35. The first-order valence-corrected chi connectivity index (χ1v) is 5.91. The molecule has 1 aliphatic rings. The highest BCUT2D eigenvalue weighted by Crippen LogP contribution is 2.19. The highest BCUT2D eigenvalue weighted by atomic mass is 16.5. The van der Waals surface area contributed by atoms with E-state index in [2.05, 4.69) is 5.32 Å². The molecule has 0 spiro atoms. The highest BCUT2D eigenvalue weighted by Gasteiger charge is 2.30. The van der Waals surface area contributed by atoms with Crippen LogP contribution in [0.3, 0.4) is 0 Å². The van der Waals surface area contributed by atoms with Gasteiger partial charge in [0.1, 0.15) is 0 Å². The Labute approximate surface area is 96.3 Å². The summed E-state index contributed by atoms with van der Waals surface area (Å²) in [7, 11) is 0. The minimum absolute atomic E-state index is 0.179. The number of nitrogens with one attached hydrogen (secondary N) is 1. The molecule has 0 aromatic carbocycles. The minimum atomic E-state index is -0.820. The number of amides is 1. The van der Waals surface area contributed by atoms with Crippen LogP contribution in [0.5, 0.6) is 0 Å². The van der Waals surface area contributed by atoms with Gasteiger partial charge in [-0.15, -0.1) is 0 Å². The number of ether oxygens (including phenoxy) is 1. The van der Waals surface area contributed by atoms with Gasteiger partial charge in [0.25, 0.3) is 0 Å². The Hall–Kier alpha value is -0.650. The number of hydrogen-bond donors (Lipinski definition) is 3. The predicted octanol–water partition coefficient (Wildman–Crippen LogP) is -0.228. The van der Waals surface area contributed by atoms with Gasteiger partial charge in [0.2, 0.25) is 5.91 Å². The van der Waals surface area contributed by atoms with Gasteiger partial charge >= 0.3 is 0 Å². The predicted molar refractivity (Wildman–Crippen MR) is 60.9 cm³/mol. The molecule has 1 aliphatic heterocycles. The van der Waals surface area contributed by atoms with Crippen LogP contribution in [-0.2, 0) is 9.53 Å². The lowest BCUT2D eigenvalue weighted by Gasteiger charge is -2.32. The summed E-state index contributed by atoms with van der Waals surface area (Å²) in [4.78, 5) is 11.5. The van der Waals surface area contributed by atoms with Crippen LogP contribution in [0.1, 0.15) is 32.6 Å². The van der Waals surface area contributed by atoms with Crippen LogP contribution in [0.2, 0.25) is 0 Å². The first kappa shape index (κ1) is 13.4. The summed E-state index contributed by atoms with van der Waals surface area (Å²) in [5.74, 6) is -0.179. The van der Waals surface area contributed by atoms with E-state index in [0.29, 0.717) is 32.5 Å². The van der Waals surface area contributed by atoms with Gasteiger partial charge in [0, 0.05) is 32.6 Å². The van der Waals surface area contributed by atoms with Gasteiger partial charge in [0.05, 0.1) is 11.6 Å². The number of nitrogens with two attached hydrogens (primary N) is 1. The molecule has 1 atom stereocenters. The second kappa shape index (κ2) is 6.18. The number of aliphatic hydroxyl groups is 1. The Morgan fingerprint density at radius 1 is 1.56 bits per heavy atom. The molecule has 0 radical (unpaired) electrons. The number of rotatable bonds is 5. The fourth-order valence-electron chi connectivity index (χ4n) is 1.75. The molecule has 5 nitrogen and oxygen atoms in total. The molecule has 0 saturated carbocycles. The summed E-state index contributed by atoms with van der Waals surface area (Å²) in [6.07, 6.45) is 2.69. The fourth-order valence-corrected chi connectivity index (χ4v) is 1.75. The van der Waals surface area contributed by atoms with Gasteiger partial charge in [-0.05, 0) is 6.42 Å². The average Bonchev–Trinajstić information content (AvgIpc) is 2.27. The molecule has 1 amide bonds. The van der Waals surface area contributed by atoms with Crippen LogP contribution in [0.15, 0.2) is 0 Å². The molecule has 16 heavy (non-hydrogen) atoms. The van der Waals surface area contributed by atoms with Crippen molar-refractivity contribution in [3.8, 4) is 0 Å². The van der Waals surface area contributed by atoms with Crippen molar-refractivity contribution < 1.29 is 14.6 Å². The molecule has 0 aliphatic carbocycles. The molecular formula is C11H22N2O3. The van der Waals surface area contributed by atoms with Crippen molar-refractivity contribution in [3.05, 3.63) is 0 Å². The van der Waals surface area contributed by atoms with E-state index in [1.165, 1.54) is 0 Å². The van der Waals surface area contributed by atoms with E-state index in [0.717, 1.165) is 6.42 Å². The van der Waals surface area contributed by atoms with E-state index >= 15 is 0 Å². The maximum atomic E-state index is 11.5. The average molecular weight is 230 g/mol. The van der Waals surface area contributed by atoms with E-state index in [1.54, 1.807) is 0 Å². The third-order valence-corrected chi connectivity index (χ3v) is 2.95. The molecule has 1 heterocycles. The van der Waals surface area contributed by atoms with Gasteiger partial charge in [-0.3, -0.25) is 4.79 Å². The Morgan fingerprint density at radius 2 is 2.19 bits per heavy atom. The monoisotopic (exact) mass is 230 g/mol. The molecule has 1 saturated heterocycles. The zero-order valence-corrected chi connectivity index (χ0v) is 9.87. The third-order valence-electron chi connectivity index (χ3n) is 2.95. The largest absolute Gasteiger partial charge is 0.388 e. The van der Waals surface area contributed by atoms with E-state index in [-0.39, 0.29) is 12.5 Å². The molecule has 1 fully saturated rings. The van der Waals surface area contributed by atoms with Crippen LogP contribution in [-0.4, -0.2) is 42.4 Å². The van der Waals surface area contributed by atoms with Crippen LogP contribution < -0.4 is 11.1 Å². The topological polar surface area (TPSA) is 84.6 Å². The zero-order valence-electron chi connectivity index (χ0n) is 9.87. The number of carbonyl (C=O) groups is 1. The highest BCUT2D eigenvalue weighted by molar-refractivity contribution is 5.81. The maximum absolute atomic E-state index is 11.5. The summed E-state index contributed by atoms with van der Waals surface area (Å²) < 4.78 is 5.16. The third kappa shape index (κ3) is 4.08. The van der Waals surface area contributed by atoms with Gasteiger partial charge in [-0.25, -0.2) is 0 Å². The Balaban J connectivity index is 2.29. The Kier molecular flexibility index (Phi) is 5.18. The fraction of sp³-hybridized carbons (Fsp3) is 0.909. The van der Waals surface area contributed by atoms with Crippen molar-refractivity contribution in [1.82, 2.24) is 5.32 Å². The van der Waals surface area contributed by atoms with Crippen molar-refractivity contribution in [3.63, 3.8) is 0 Å². The minimum Gasteiger partial charge on any atom is -0.388 e. The molecule has 0 bridgehead atoms. The molecule has 5 heteroatoms. The number of carbonyl (C=O) groups excluding carboxylic acids is 1.